The fourth-order valence-corrected chi connectivity index (χ4v) is 2.41. The summed E-state index contributed by atoms with van der Waals surface area (Å²) in [4.78, 5) is 25.8. The maximum absolute atomic E-state index is 12.8. The van der Waals surface area contributed by atoms with Gasteiger partial charge in [0.05, 0.1) is 13.2 Å². The molecule has 2 rings (SSSR count). The van der Waals surface area contributed by atoms with E-state index in [1.54, 1.807) is 14.0 Å². The minimum Gasteiger partial charge on any atom is -0.465 e. The van der Waals surface area contributed by atoms with Gasteiger partial charge in [0.2, 0.25) is 0 Å². The van der Waals surface area contributed by atoms with Crippen LogP contribution in [0.25, 0.3) is 0 Å². The number of hydrogen-bond donors (Lipinski definition) is 1. The molecule has 2 amide bonds. The van der Waals surface area contributed by atoms with Crippen molar-refractivity contribution in [3.63, 3.8) is 0 Å². The molecular weight excluding hydrogens is 330 g/mol. The van der Waals surface area contributed by atoms with Gasteiger partial charge in [0.1, 0.15) is 6.54 Å². The van der Waals surface area contributed by atoms with Gasteiger partial charge in [-0.3, -0.25) is 9.80 Å². The fourth-order valence-electron chi connectivity index (χ4n) is 2.41. The Morgan fingerprint density at radius 2 is 1.54 bits per heavy atom. The highest BCUT2D eigenvalue weighted by molar-refractivity contribution is 5.80. The molecule has 1 N–H and O–H groups in total. The highest BCUT2D eigenvalue weighted by atomic mass is 16.5. The van der Waals surface area contributed by atoms with E-state index in [9.17, 15) is 9.59 Å². The molecule has 0 aliphatic heterocycles. The first-order valence-electron chi connectivity index (χ1n) is 8.59. The molecule has 0 saturated heterocycles. The highest BCUT2D eigenvalue weighted by Gasteiger charge is 2.20. The number of ether oxygens (including phenoxy) is 1. The Morgan fingerprint density at radius 3 is 2.12 bits per heavy atom. The standard InChI is InChI=1S/C20H25N3O3/c1-3-26-19(24)16-22(2)20(25)23(15-18-12-8-5-9-13-18)21-14-17-10-6-4-7-11-17/h4-13,21H,3,14-16H2,1-2H3. The van der Waals surface area contributed by atoms with E-state index in [4.69, 9.17) is 4.74 Å². The summed E-state index contributed by atoms with van der Waals surface area (Å²) in [5, 5.41) is 1.52. The van der Waals surface area contributed by atoms with Gasteiger partial charge in [-0.05, 0) is 18.1 Å². The number of nitrogens with zero attached hydrogens (tertiary/aromatic N) is 2. The van der Waals surface area contributed by atoms with Crippen LogP contribution in [-0.4, -0.2) is 42.1 Å². The molecule has 0 spiro atoms. The number of amides is 2. The Hall–Kier alpha value is -2.86. The van der Waals surface area contributed by atoms with Crippen LogP contribution < -0.4 is 5.43 Å². The van der Waals surface area contributed by atoms with E-state index in [2.05, 4.69) is 5.43 Å². The second-order valence-electron chi connectivity index (χ2n) is 5.84. The molecule has 0 aliphatic carbocycles. The van der Waals surface area contributed by atoms with E-state index in [-0.39, 0.29) is 12.6 Å². The van der Waals surface area contributed by atoms with Crippen LogP contribution >= 0.6 is 0 Å². The molecule has 6 nitrogen and oxygen atoms in total. The Balaban J connectivity index is 2.05. The molecular formula is C20H25N3O3. The predicted octanol–water partition coefficient (Wildman–Crippen LogP) is 2.81. The zero-order valence-corrected chi connectivity index (χ0v) is 15.2. The van der Waals surface area contributed by atoms with Crippen LogP contribution in [-0.2, 0) is 22.6 Å². The topological polar surface area (TPSA) is 61.9 Å². The van der Waals surface area contributed by atoms with Crippen LogP contribution in [0.2, 0.25) is 0 Å². The average molecular weight is 355 g/mol. The third-order valence-electron chi connectivity index (χ3n) is 3.73. The van der Waals surface area contributed by atoms with Gasteiger partial charge in [-0.25, -0.2) is 10.2 Å². The number of nitrogens with one attached hydrogen (secondary N) is 1. The lowest BCUT2D eigenvalue weighted by atomic mass is 10.2. The van der Waals surface area contributed by atoms with E-state index in [0.29, 0.717) is 19.7 Å². The molecule has 26 heavy (non-hydrogen) atoms. The molecule has 0 saturated carbocycles. The largest absolute Gasteiger partial charge is 0.465 e. The zero-order valence-electron chi connectivity index (χ0n) is 15.2. The van der Waals surface area contributed by atoms with Crippen molar-refractivity contribution in [3.8, 4) is 0 Å². The number of esters is 1. The molecule has 6 heteroatoms. The summed E-state index contributed by atoms with van der Waals surface area (Å²) in [6.07, 6.45) is 0. The molecule has 0 unspecified atom stereocenters. The zero-order chi connectivity index (χ0) is 18.8. The molecule has 0 atom stereocenters. The lowest BCUT2D eigenvalue weighted by Gasteiger charge is -2.28. The van der Waals surface area contributed by atoms with Gasteiger partial charge >= 0.3 is 12.0 Å². The molecule has 138 valence electrons. The number of hydrazine groups is 1. The van der Waals surface area contributed by atoms with E-state index in [1.807, 2.05) is 60.7 Å². The first kappa shape index (κ1) is 19.5. The number of benzene rings is 2. The van der Waals surface area contributed by atoms with Gasteiger partial charge in [-0.1, -0.05) is 60.7 Å². The van der Waals surface area contributed by atoms with E-state index in [1.165, 1.54) is 9.91 Å². The molecule has 2 aromatic carbocycles. The van der Waals surface area contributed by atoms with Crippen molar-refractivity contribution in [2.75, 3.05) is 20.2 Å². The highest BCUT2D eigenvalue weighted by Crippen LogP contribution is 2.07. The van der Waals surface area contributed by atoms with Gasteiger partial charge < -0.3 is 9.64 Å². The van der Waals surface area contributed by atoms with Gasteiger partial charge in [0.25, 0.3) is 0 Å². The average Bonchev–Trinajstić information content (AvgIpc) is 2.66. The van der Waals surface area contributed by atoms with Crippen LogP contribution in [0.15, 0.2) is 60.7 Å². The first-order valence-corrected chi connectivity index (χ1v) is 8.59. The fraction of sp³-hybridized carbons (Fsp3) is 0.300. The summed E-state index contributed by atoms with van der Waals surface area (Å²) in [6.45, 7) is 2.83. The predicted molar refractivity (Wildman–Crippen MR) is 99.9 cm³/mol. The monoisotopic (exact) mass is 355 g/mol. The minimum atomic E-state index is -0.425. The number of likely N-dealkylation sites (N-methyl/N-ethyl adjacent to an activating group) is 1. The molecule has 0 bridgehead atoms. The van der Waals surface area contributed by atoms with E-state index >= 15 is 0 Å². The van der Waals surface area contributed by atoms with Crippen molar-refractivity contribution in [1.29, 1.82) is 0 Å². The summed E-state index contributed by atoms with van der Waals surface area (Å²) in [5.41, 5.74) is 5.21. The number of urea groups is 1. The second kappa shape index (κ2) is 10.2. The van der Waals surface area contributed by atoms with Crippen molar-refractivity contribution in [1.82, 2.24) is 15.3 Å². The maximum Gasteiger partial charge on any atom is 0.334 e. The molecule has 0 heterocycles. The maximum atomic E-state index is 12.8. The van der Waals surface area contributed by atoms with Crippen molar-refractivity contribution < 1.29 is 14.3 Å². The van der Waals surface area contributed by atoms with Crippen molar-refractivity contribution in [2.45, 2.75) is 20.0 Å². The number of carbonyl (C=O) groups is 2. The number of carbonyl (C=O) groups excluding carboxylic acids is 2. The Bertz CT molecular complexity index is 692. The Morgan fingerprint density at radius 1 is 0.962 bits per heavy atom. The van der Waals surface area contributed by atoms with Crippen molar-refractivity contribution >= 4 is 12.0 Å². The van der Waals surface area contributed by atoms with Gasteiger partial charge in [0, 0.05) is 13.6 Å². The van der Waals surface area contributed by atoms with Crippen molar-refractivity contribution in [2.24, 2.45) is 0 Å². The smallest absolute Gasteiger partial charge is 0.334 e. The third kappa shape index (κ3) is 6.22. The normalized spacial score (nSPS) is 10.2. The SMILES string of the molecule is CCOC(=O)CN(C)C(=O)N(Cc1ccccc1)NCc1ccccc1. The third-order valence-corrected chi connectivity index (χ3v) is 3.73. The molecule has 0 radical (unpaired) electrons. The van der Waals surface area contributed by atoms with E-state index in [0.717, 1.165) is 11.1 Å². The summed E-state index contributed by atoms with van der Waals surface area (Å²) in [7, 11) is 1.58. The van der Waals surface area contributed by atoms with Crippen LogP contribution in [0.5, 0.6) is 0 Å². The van der Waals surface area contributed by atoms with Crippen molar-refractivity contribution in [3.05, 3.63) is 71.8 Å². The molecule has 0 aliphatic rings. The van der Waals surface area contributed by atoms with Gasteiger partial charge in [-0.15, -0.1) is 0 Å². The summed E-state index contributed by atoms with van der Waals surface area (Å²) in [5.74, 6) is -0.425. The second-order valence-corrected chi connectivity index (χ2v) is 5.84. The van der Waals surface area contributed by atoms with Gasteiger partial charge in [-0.2, -0.15) is 0 Å². The van der Waals surface area contributed by atoms with Gasteiger partial charge in [0.15, 0.2) is 0 Å². The van der Waals surface area contributed by atoms with E-state index < -0.39 is 5.97 Å². The summed E-state index contributed by atoms with van der Waals surface area (Å²) < 4.78 is 4.92. The Kier molecular flexibility index (Phi) is 7.64. The summed E-state index contributed by atoms with van der Waals surface area (Å²) >= 11 is 0. The molecule has 2 aromatic rings. The minimum absolute atomic E-state index is 0.0923. The number of hydrogen-bond acceptors (Lipinski definition) is 4. The van der Waals surface area contributed by atoms with Crippen LogP contribution in [0.4, 0.5) is 4.79 Å². The molecule has 0 fully saturated rings. The first-order chi connectivity index (χ1) is 12.6. The molecule has 0 aromatic heterocycles. The van der Waals surface area contributed by atoms with Crippen LogP contribution in [0.1, 0.15) is 18.1 Å². The Labute approximate surface area is 154 Å². The lowest BCUT2D eigenvalue weighted by molar-refractivity contribution is -0.143. The quantitative estimate of drug-likeness (QED) is 0.584. The van der Waals surface area contributed by atoms with Crippen LogP contribution in [0.3, 0.4) is 0 Å². The lowest BCUT2D eigenvalue weighted by Crippen LogP contribution is -2.49. The summed E-state index contributed by atoms with van der Waals surface area (Å²) in [6, 6.07) is 19.2. The number of rotatable bonds is 8. The van der Waals surface area contributed by atoms with Crippen LogP contribution in [0, 0.1) is 0 Å².